The van der Waals surface area contributed by atoms with E-state index < -0.39 is 5.60 Å². The Morgan fingerprint density at radius 3 is 3.24 bits per heavy atom. The highest BCUT2D eigenvalue weighted by Crippen LogP contribution is 2.24. The lowest BCUT2D eigenvalue weighted by Crippen LogP contribution is -2.43. The first-order valence-corrected chi connectivity index (χ1v) is 6.22. The van der Waals surface area contributed by atoms with Crippen molar-refractivity contribution >= 4 is 17.2 Å². The molecular weight excluding hydrogens is 242 g/mol. The van der Waals surface area contributed by atoms with Crippen molar-refractivity contribution in [3.63, 3.8) is 0 Å². The Bertz CT molecular complexity index is 398. The number of amides is 1. The maximum Gasteiger partial charge on any atom is 0.265 e. The summed E-state index contributed by atoms with van der Waals surface area (Å²) in [7, 11) is 1.52. The summed E-state index contributed by atoms with van der Waals surface area (Å²) in [5, 5.41) is 14.5. The molecule has 0 saturated carbocycles. The Morgan fingerprint density at radius 2 is 2.59 bits per heavy atom. The summed E-state index contributed by atoms with van der Waals surface area (Å²) >= 11 is 1.31. The van der Waals surface area contributed by atoms with Crippen LogP contribution in [0.4, 0.5) is 0 Å². The summed E-state index contributed by atoms with van der Waals surface area (Å²) in [6.45, 7) is 1.01. The van der Waals surface area contributed by atoms with Crippen molar-refractivity contribution in [3.05, 3.63) is 16.3 Å². The average Bonchev–Trinajstić information content (AvgIpc) is 2.95. The Hall–Kier alpha value is -1.11. The third-order valence-electron chi connectivity index (χ3n) is 2.72. The van der Waals surface area contributed by atoms with E-state index in [4.69, 9.17) is 9.47 Å². The second kappa shape index (κ2) is 5.03. The molecule has 2 N–H and O–H groups in total. The number of hydrogen-bond donors (Lipinski definition) is 2. The van der Waals surface area contributed by atoms with Crippen LogP contribution in [-0.2, 0) is 4.74 Å². The summed E-state index contributed by atoms with van der Waals surface area (Å²) in [5.41, 5.74) is -0.930. The molecule has 1 aromatic rings. The van der Waals surface area contributed by atoms with E-state index in [9.17, 15) is 9.90 Å². The average molecular weight is 257 g/mol. The van der Waals surface area contributed by atoms with Crippen LogP contribution in [0.25, 0.3) is 0 Å². The fourth-order valence-electron chi connectivity index (χ4n) is 1.68. The Balaban J connectivity index is 1.93. The van der Waals surface area contributed by atoms with Crippen LogP contribution in [0.2, 0.25) is 0 Å². The maximum absolute atomic E-state index is 11.9. The highest BCUT2D eigenvalue weighted by Gasteiger charge is 2.32. The van der Waals surface area contributed by atoms with Crippen LogP contribution in [0.3, 0.4) is 0 Å². The van der Waals surface area contributed by atoms with Crippen LogP contribution in [-0.4, -0.2) is 43.5 Å². The first-order chi connectivity index (χ1) is 8.14. The van der Waals surface area contributed by atoms with Crippen LogP contribution in [0, 0.1) is 0 Å². The number of nitrogens with one attached hydrogen (secondary N) is 1. The minimum absolute atomic E-state index is 0.201. The Kier molecular flexibility index (Phi) is 3.66. The fraction of sp³-hybridized carbons (Fsp3) is 0.545. The molecule has 1 unspecified atom stereocenters. The monoisotopic (exact) mass is 257 g/mol. The molecule has 0 bridgehead atoms. The molecule has 1 saturated heterocycles. The first-order valence-electron chi connectivity index (χ1n) is 5.34. The first kappa shape index (κ1) is 12.3. The minimum atomic E-state index is -0.930. The van der Waals surface area contributed by atoms with Gasteiger partial charge < -0.3 is 19.9 Å². The predicted molar refractivity (Wildman–Crippen MR) is 63.6 cm³/mol. The zero-order valence-electron chi connectivity index (χ0n) is 9.56. The molecule has 0 spiro atoms. The van der Waals surface area contributed by atoms with E-state index in [1.54, 1.807) is 11.4 Å². The van der Waals surface area contributed by atoms with Crippen LogP contribution < -0.4 is 10.1 Å². The van der Waals surface area contributed by atoms with Crippen molar-refractivity contribution in [2.45, 2.75) is 12.0 Å². The molecule has 5 nitrogen and oxygen atoms in total. The zero-order valence-corrected chi connectivity index (χ0v) is 10.4. The molecule has 1 aromatic heterocycles. The second-order valence-corrected chi connectivity index (χ2v) is 4.94. The summed E-state index contributed by atoms with van der Waals surface area (Å²) in [5.74, 6) is 0.333. The number of thiophene rings is 1. The zero-order chi connectivity index (χ0) is 12.3. The third-order valence-corrected chi connectivity index (χ3v) is 3.61. The van der Waals surface area contributed by atoms with E-state index in [2.05, 4.69) is 5.32 Å². The van der Waals surface area contributed by atoms with Crippen molar-refractivity contribution in [3.8, 4) is 5.75 Å². The second-order valence-electron chi connectivity index (χ2n) is 4.03. The number of hydrogen-bond acceptors (Lipinski definition) is 5. The molecule has 0 aliphatic carbocycles. The predicted octanol–water partition coefficient (Wildman–Crippen LogP) is 0.638. The fourth-order valence-corrected chi connectivity index (χ4v) is 2.46. The van der Waals surface area contributed by atoms with Crippen molar-refractivity contribution in [1.82, 2.24) is 5.32 Å². The topological polar surface area (TPSA) is 67.8 Å². The molecule has 1 aliphatic heterocycles. The largest absolute Gasteiger partial charge is 0.495 e. The third kappa shape index (κ3) is 2.77. The van der Waals surface area contributed by atoms with E-state index in [1.165, 1.54) is 18.4 Å². The lowest BCUT2D eigenvalue weighted by atomic mass is 10.0. The highest BCUT2D eigenvalue weighted by atomic mass is 32.1. The molecule has 6 heteroatoms. The van der Waals surface area contributed by atoms with Gasteiger partial charge in [-0.25, -0.2) is 0 Å². The standard InChI is InChI=1S/C11H15NO4S/c1-15-8-2-5-17-9(8)10(13)12-6-11(14)3-4-16-7-11/h2,5,14H,3-4,6-7H2,1H3,(H,12,13). The number of aliphatic hydroxyl groups is 1. The van der Waals surface area contributed by atoms with Gasteiger partial charge in [0.15, 0.2) is 0 Å². The maximum atomic E-state index is 11.9. The molecule has 1 atom stereocenters. The van der Waals surface area contributed by atoms with E-state index in [0.29, 0.717) is 23.7 Å². The number of carbonyl (C=O) groups is 1. The van der Waals surface area contributed by atoms with Gasteiger partial charge in [-0.2, -0.15) is 0 Å². The molecule has 1 amide bonds. The lowest BCUT2D eigenvalue weighted by Gasteiger charge is -2.20. The van der Waals surface area contributed by atoms with Crippen molar-refractivity contribution < 1.29 is 19.4 Å². The molecule has 0 aromatic carbocycles. The smallest absolute Gasteiger partial charge is 0.265 e. The highest BCUT2D eigenvalue weighted by molar-refractivity contribution is 7.12. The SMILES string of the molecule is COc1ccsc1C(=O)NCC1(O)CCOC1. The van der Waals surface area contributed by atoms with Gasteiger partial charge in [-0.1, -0.05) is 0 Å². The quantitative estimate of drug-likeness (QED) is 0.830. The van der Waals surface area contributed by atoms with Crippen molar-refractivity contribution in [1.29, 1.82) is 0 Å². The number of carbonyl (C=O) groups excluding carboxylic acids is 1. The number of ether oxygens (including phenoxy) is 2. The van der Waals surface area contributed by atoms with Gasteiger partial charge in [-0.3, -0.25) is 4.79 Å². The molecule has 17 heavy (non-hydrogen) atoms. The van der Waals surface area contributed by atoms with Crippen molar-refractivity contribution in [2.75, 3.05) is 26.9 Å². The molecule has 0 radical (unpaired) electrons. The van der Waals surface area contributed by atoms with E-state index in [1.807, 2.05) is 0 Å². The Morgan fingerprint density at radius 1 is 1.76 bits per heavy atom. The van der Waals surface area contributed by atoms with E-state index in [0.717, 1.165) is 0 Å². The van der Waals surface area contributed by atoms with E-state index >= 15 is 0 Å². The van der Waals surface area contributed by atoms with Gasteiger partial charge in [0.05, 0.1) is 13.7 Å². The summed E-state index contributed by atoms with van der Waals surface area (Å²) < 4.78 is 10.2. The molecule has 1 aliphatic rings. The molecule has 1 fully saturated rings. The normalized spacial score (nSPS) is 23.6. The molecule has 94 valence electrons. The van der Waals surface area contributed by atoms with Crippen LogP contribution in [0.5, 0.6) is 5.75 Å². The van der Waals surface area contributed by atoms with Crippen LogP contribution in [0.15, 0.2) is 11.4 Å². The summed E-state index contributed by atoms with van der Waals surface area (Å²) in [4.78, 5) is 12.4. The van der Waals surface area contributed by atoms with Gasteiger partial charge in [0.2, 0.25) is 0 Å². The van der Waals surface area contributed by atoms with Gasteiger partial charge in [0, 0.05) is 19.6 Å². The van der Waals surface area contributed by atoms with Crippen LogP contribution >= 0.6 is 11.3 Å². The van der Waals surface area contributed by atoms with Gasteiger partial charge >= 0.3 is 0 Å². The molecule has 2 rings (SSSR count). The Labute approximate surface area is 103 Å². The van der Waals surface area contributed by atoms with Gasteiger partial charge in [-0.05, 0) is 11.4 Å². The van der Waals surface area contributed by atoms with Crippen LogP contribution in [0.1, 0.15) is 16.1 Å². The van der Waals surface area contributed by atoms with E-state index in [-0.39, 0.29) is 19.1 Å². The van der Waals surface area contributed by atoms with Gasteiger partial charge in [-0.15, -0.1) is 11.3 Å². The number of rotatable bonds is 4. The van der Waals surface area contributed by atoms with Crippen molar-refractivity contribution in [2.24, 2.45) is 0 Å². The summed E-state index contributed by atoms with van der Waals surface area (Å²) in [6, 6.07) is 1.74. The van der Waals surface area contributed by atoms with Gasteiger partial charge in [0.25, 0.3) is 5.91 Å². The molecular formula is C11H15NO4S. The minimum Gasteiger partial charge on any atom is -0.495 e. The summed E-state index contributed by atoms with van der Waals surface area (Å²) in [6.07, 6.45) is 0.550. The number of methoxy groups -OCH3 is 1. The lowest BCUT2D eigenvalue weighted by molar-refractivity contribution is 0.0265. The molecule has 2 heterocycles. The van der Waals surface area contributed by atoms with Gasteiger partial charge in [0.1, 0.15) is 16.2 Å².